The van der Waals surface area contributed by atoms with Crippen molar-refractivity contribution in [3.8, 4) is 0 Å². The Labute approximate surface area is 83.9 Å². The highest BCUT2D eigenvalue weighted by molar-refractivity contribution is 5.92. The fourth-order valence-electron chi connectivity index (χ4n) is 1.58. The van der Waals surface area contributed by atoms with E-state index in [9.17, 15) is 4.79 Å². The lowest BCUT2D eigenvalue weighted by Gasteiger charge is -2.10. The summed E-state index contributed by atoms with van der Waals surface area (Å²) < 4.78 is 4.68. The first-order chi connectivity index (χ1) is 6.61. The molecule has 0 atom stereocenters. The highest BCUT2D eigenvalue weighted by atomic mass is 16.5. The van der Waals surface area contributed by atoms with Crippen LogP contribution in [0.15, 0.2) is 12.1 Å². The molecule has 1 rings (SSSR count). The van der Waals surface area contributed by atoms with Crippen LogP contribution < -0.4 is 5.73 Å². The topological polar surface area (TPSA) is 52.3 Å². The van der Waals surface area contributed by atoms with E-state index in [4.69, 9.17) is 5.73 Å². The van der Waals surface area contributed by atoms with Gasteiger partial charge in [0, 0.05) is 5.69 Å². The fourth-order valence-corrected chi connectivity index (χ4v) is 1.58. The molecule has 0 spiro atoms. The number of methoxy groups -OCH3 is 1. The van der Waals surface area contributed by atoms with Gasteiger partial charge in [0.05, 0.1) is 12.7 Å². The van der Waals surface area contributed by atoms with E-state index >= 15 is 0 Å². The molecule has 0 amide bonds. The molecule has 0 heterocycles. The number of benzene rings is 1. The molecule has 3 heteroatoms. The number of carbonyl (C=O) groups is 1. The first-order valence-electron chi connectivity index (χ1n) is 4.58. The Hall–Kier alpha value is -1.51. The largest absolute Gasteiger partial charge is 0.465 e. The van der Waals surface area contributed by atoms with Gasteiger partial charge in [-0.2, -0.15) is 0 Å². The lowest BCUT2D eigenvalue weighted by atomic mass is 9.99. The van der Waals surface area contributed by atoms with Crippen LogP contribution in [0.1, 0.15) is 28.4 Å². The van der Waals surface area contributed by atoms with Gasteiger partial charge in [0.25, 0.3) is 0 Å². The molecule has 0 bridgehead atoms. The molecule has 2 N–H and O–H groups in total. The van der Waals surface area contributed by atoms with Gasteiger partial charge in [0.2, 0.25) is 0 Å². The van der Waals surface area contributed by atoms with Gasteiger partial charge < -0.3 is 10.5 Å². The van der Waals surface area contributed by atoms with Crippen LogP contribution in [0.4, 0.5) is 5.69 Å². The molecule has 0 aliphatic rings. The zero-order valence-electron chi connectivity index (χ0n) is 8.76. The number of ether oxygens (including phenoxy) is 1. The van der Waals surface area contributed by atoms with Crippen LogP contribution in [0.5, 0.6) is 0 Å². The first kappa shape index (κ1) is 10.6. The minimum Gasteiger partial charge on any atom is -0.465 e. The summed E-state index contributed by atoms with van der Waals surface area (Å²) in [5.74, 6) is -0.308. The molecule has 14 heavy (non-hydrogen) atoms. The molecular formula is C11H15NO2. The normalized spacial score (nSPS) is 9.93. The Balaban J connectivity index is 3.28. The van der Waals surface area contributed by atoms with Gasteiger partial charge in [-0.05, 0) is 36.6 Å². The zero-order chi connectivity index (χ0) is 10.7. The average Bonchev–Trinajstić information content (AvgIpc) is 2.18. The van der Waals surface area contributed by atoms with Crippen LogP contribution >= 0.6 is 0 Å². The molecule has 0 aliphatic carbocycles. The van der Waals surface area contributed by atoms with Crippen molar-refractivity contribution >= 4 is 11.7 Å². The van der Waals surface area contributed by atoms with Gasteiger partial charge in [-0.3, -0.25) is 0 Å². The average molecular weight is 193 g/mol. The molecule has 0 aromatic heterocycles. The van der Waals surface area contributed by atoms with Crippen LogP contribution in [0.2, 0.25) is 0 Å². The van der Waals surface area contributed by atoms with Crippen LogP contribution in [-0.2, 0) is 11.2 Å². The van der Waals surface area contributed by atoms with Crippen molar-refractivity contribution in [3.63, 3.8) is 0 Å². The van der Waals surface area contributed by atoms with E-state index in [0.717, 1.165) is 23.2 Å². The highest BCUT2D eigenvalue weighted by Crippen LogP contribution is 2.21. The third-order valence-corrected chi connectivity index (χ3v) is 2.39. The Morgan fingerprint density at radius 2 is 2.14 bits per heavy atom. The number of anilines is 1. The maximum absolute atomic E-state index is 11.4. The maximum atomic E-state index is 11.4. The van der Waals surface area contributed by atoms with E-state index in [-0.39, 0.29) is 5.97 Å². The third kappa shape index (κ3) is 1.71. The van der Waals surface area contributed by atoms with Crippen molar-refractivity contribution in [2.75, 3.05) is 12.8 Å². The summed E-state index contributed by atoms with van der Waals surface area (Å²) in [6.07, 6.45) is 0.822. The summed E-state index contributed by atoms with van der Waals surface area (Å²) in [5.41, 5.74) is 9.06. The summed E-state index contributed by atoms with van der Waals surface area (Å²) in [7, 11) is 1.38. The van der Waals surface area contributed by atoms with E-state index in [1.165, 1.54) is 7.11 Å². The molecule has 0 saturated carbocycles. The SMILES string of the molecule is CCc1c(N)ccc(C(=O)OC)c1C. The van der Waals surface area contributed by atoms with E-state index in [2.05, 4.69) is 4.74 Å². The molecule has 76 valence electrons. The van der Waals surface area contributed by atoms with E-state index < -0.39 is 0 Å². The molecule has 0 saturated heterocycles. The smallest absolute Gasteiger partial charge is 0.338 e. The summed E-state index contributed by atoms with van der Waals surface area (Å²) in [6, 6.07) is 3.45. The standard InChI is InChI=1S/C11H15NO2/c1-4-8-7(2)9(11(13)14-3)5-6-10(8)12/h5-6H,4,12H2,1-3H3. The number of hydrogen-bond donors (Lipinski definition) is 1. The Morgan fingerprint density at radius 3 is 2.64 bits per heavy atom. The summed E-state index contributed by atoms with van der Waals surface area (Å²) in [5, 5.41) is 0. The molecular weight excluding hydrogens is 178 g/mol. The molecule has 0 fully saturated rings. The van der Waals surface area contributed by atoms with Gasteiger partial charge >= 0.3 is 5.97 Å². The second kappa shape index (κ2) is 4.13. The van der Waals surface area contributed by atoms with E-state index in [0.29, 0.717) is 5.56 Å². The van der Waals surface area contributed by atoms with Crippen LogP contribution in [0.3, 0.4) is 0 Å². The minimum absolute atomic E-state index is 0.308. The maximum Gasteiger partial charge on any atom is 0.338 e. The molecule has 3 nitrogen and oxygen atoms in total. The number of nitrogens with two attached hydrogens (primary N) is 1. The van der Waals surface area contributed by atoms with Crippen molar-refractivity contribution in [1.82, 2.24) is 0 Å². The zero-order valence-corrected chi connectivity index (χ0v) is 8.76. The van der Waals surface area contributed by atoms with Crippen molar-refractivity contribution in [3.05, 3.63) is 28.8 Å². The van der Waals surface area contributed by atoms with Gasteiger partial charge in [-0.25, -0.2) is 4.79 Å². The molecule has 1 aromatic rings. The summed E-state index contributed by atoms with van der Waals surface area (Å²) in [4.78, 5) is 11.4. The third-order valence-electron chi connectivity index (χ3n) is 2.39. The minimum atomic E-state index is -0.308. The molecule has 0 aliphatic heterocycles. The second-order valence-electron chi connectivity index (χ2n) is 3.15. The number of esters is 1. The summed E-state index contributed by atoms with van der Waals surface area (Å²) in [6.45, 7) is 3.90. The Morgan fingerprint density at radius 1 is 1.50 bits per heavy atom. The predicted molar refractivity (Wildman–Crippen MR) is 56.3 cm³/mol. The molecule has 0 unspecified atom stereocenters. The number of hydrogen-bond acceptors (Lipinski definition) is 3. The van der Waals surface area contributed by atoms with Crippen LogP contribution in [0.25, 0.3) is 0 Å². The van der Waals surface area contributed by atoms with Gasteiger partial charge in [-0.15, -0.1) is 0 Å². The van der Waals surface area contributed by atoms with Crippen LogP contribution in [0, 0.1) is 6.92 Å². The van der Waals surface area contributed by atoms with Crippen LogP contribution in [-0.4, -0.2) is 13.1 Å². The predicted octanol–water partition coefficient (Wildman–Crippen LogP) is 1.93. The van der Waals surface area contributed by atoms with E-state index in [1.807, 2.05) is 13.8 Å². The van der Waals surface area contributed by atoms with Gasteiger partial charge in [-0.1, -0.05) is 6.92 Å². The number of carbonyl (C=O) groups excluding carboxylic acids is 1. The lowest BCUT2D eigenvalue weighted by molar-refractivity contribution is 0.0600. The second-order valence-corrected chi connectivity index (χ2v) is 3.15. The van der Waals surface area contributed by atoms with E-state index in [1.54, 1.807) is 12.1 Å². The monoisotopic (exact) mass is 193 g/mol. The van der Waals surface area contributed by atoms with Crippen molar-refractivity contribution < 1.29 is 9.53 Å². The number of rotatable bonds is 2. The van der Waals surface area contributed by atoms with Gasteiger partial charge in [0.1, 0.15) is 0 Å². The van der Waals surface area contributed by atoms with Gasteiger partial charge in [0.15, 0.2) is 0 Å². The Kier molecular flexibility index (Phi) is 3.12. The fraction of sp³-hybridized carbons (Fsp3) is 0.364. The lowest BCUT2D eigenvalue weighted by Crippen LogP contribution is -2.07. The van der Waals surface area contributed by atoms with Crippen molar-refractivity contribution in [2.45, 2.75) is 20.3 Å². The highest BCUT2D eigenvalue weighted by Gasteiger charge is 2.12. The quantitative estimate of drug-likeness (QED) is 0.576. The summed E-state index contributed by atoms with van der Waals surface area (Å²) >= 11 is 0. The number of nitrogen functional groups attached to an aromatic ring is 1. The first-order valence-corrected chi connectivity index (χ1v) is 4.58. The molecule has 0 radical (unpaired) electrons. The van der Waals surface area contributed by atoms with Crippen molar-refractivity contribution in [1.29, 1.82) is 0 Å². The molecule has 1 aromatic carbocycles. The van der Waals surface area contributed by atoms with Crippen molar-refractivity contribution in [2.24, 2.45) is 0 Å². The Bertz CT molecular complexity index is 359.